The number of piperidine rings is 1. The molecule has 3 aliphatic rings. The normalized spacial score (nSPS) is 23.3. The molecule has 0 saturated carbocycles. The highest BCUT2D eigenvalue weighted by atomic mass is 79.9. The van der Waals surface area contributed by atoms with Gasteiger partial charge in [-0.3, -0.25) is 14.5 Å². The number of likely N-dealkylation sites (tertiary alicyclic amines) is 1. The van der Waals surface area contributed by atoms with Crippen LogP contribution in [0.3, 0.4) is 0 Å². The minimum Gasteiger partial charge on any atom is -0.454 e. The van der Waals surface area contributed by atoms with Gasteiger partial charge in [0.2, 0.25) is 12.7 Å². The van der Waals surface area contributed by atoms with Gasteiger partial charge in [0.1, 0.15) is 0 Å². The van der Waals surface area contributed by atoms with Gasteiger partial charge in [-0.25, -0.2) is 4.90 Å². The predicted octanol–water partition coefficient (Wildman–Crippen LogP) is 2.79. The van der Waals surface area contributed by atoms with Crippen LogP contribution in [0.15, 0.2) is 46.9 Å². The summed E-state index contributed by atoms with van der Waals surface area (Å²) in [5.74, 6) is 0.692. The van der Waals surface area contributed by atoms with Crippen molar-refractivity contribution in [3.8, 4) is 11.5 Å². The summed E-state index contributed by atoms with van der Waals surface area (Å²) >= 11 is 3.42. The van der Waals surface area contributed by atoms with Crippen molar-refractivity contribution in [2.45, 2.75) is 30.9 Å². The van der Waals surface area contributed by atoms with E-state index in [1.165, 1.54) is 4.90 Å². The number of hydrogen-bond acceptors (Lipinski definition) is 6. The van der Waals surface area contributed by atoms with Crippen LogP contribution in [0.5, 0.6) is 11.5 Å². The minimum atomic E-state index is -0.917. The van der Waals surface area contributed by atoms with Crippen molar-refractivity contribution >= 4 is 33.4 Å². The Hall–Kier alpha value is -2.42. The standard InChI is InChI=1S/C22H21BrN2O5/c23-15-3-1-14(2-4-15)22(28)7-9-24(10-8-22)17-12-20(26)25(21(17)27)16-5-6-18-19(11-16)30-13-29-18/h1-6,11,17,28H,7-10,12-13H2/t17-/m0/s1. The van der Waals surface area contributed by atoms with Gasteiger partial charge in [0.15, 0.2) is 11.5 Å². The van der Waals surface area contributed by atoms with Crippen molar-refractivity contribution in [2.24, 2.45) is 0 Å². The maximum Gasteiger partial charge on any atom is 0.251 e. The fourth-order valence-corrected chi connectivity index (χ4v) is 4.72. The molecule has 2 saturated heterocycles. The lowest BCUT2D eigenvalue weighted by atomic mass is 9.84. The molecule has 3 heterocycles. The molecule has 1 N–H and O–H groups in total. The third kappa shape index (κ3) is 3.29. The molecule has 1 atom stereocenters. The lowest BCUT2D eigenvalue weighted by Gasteiger charge is -2.40. The number of fused-ring (bicyclic) bond motifs is 1. The second-order valence-electron chi connectivity index (χ2n) is 7.90. The average Bonchev–Trinajstić information content (AvgIpc) is 3.32. The molecule has 0 unspecified atom stereocenters. The topological polar surface area (TPSA) is 79.3 Å². The van der Waals surface area contributed by atoms with E-state index in [2.05, 4.69) is 15.9 Å². The zero-order chi connectivity index (χ0) is 20.9. The molecule has 2 aromatic rings. The summed E-state index contributed by atoms with van der Waals surface area (Å²) < 4.78 is 11.6. The smallest absolute Gasteiger partial charge is 0.251 e. The number of aliphatic hydroxyl groups is 1. The summed E-state index contributed by atoms with van der Waals surface area (Å²) in [5.41, 5.74) is 0.459. The molecule has 7 nitrogen and oxygen atoms in total. The summed E-state index contributed by atoms with van der Waals surface area (Å²) in [5, 5.41) is 11.1. The Bertz CT molecular complexity index is 1000. The highest BCUT2D eigenvalue weighted by Crippen LogP contribution is 2.39. The van der Waals surface area contributed by atoms with Gasteiger partial charge in [-0.2, -0.15) is 0 Å². The highest BCUT2D eigenvalue weighted by molar-refractivity contribution is 9.10. The third-order valence-electron chi connectivity index (χ3n) is 6.18. The number of ether oxygens (including phenoxy) is 2. The van der Waals surface area contributed by atoms with E-state index in [9.17, 15) is 14.7 Å². The van der Waals surface area contributed by atoms with Crippen LogP contribution in [0.4, 0.5) is 5.69 Å². The first-order chi connectivity index (χ1) is 14.4. The van der Waals surface area contributed by atoms with Crippen LogP contribution >= 0.6 is 15.9 Å². The number of nitrogens with zero attached hydrogens (tertiary/aromatic N) is 2. The molecule has 156 valence electrons. The van der Waals surface area contributed by atoms with Crippen molar-refractivity contribution < 1.29 is 24.2 Å². The van der Waals surface area contributed by atoms with Gasteiger partial charge in [0.25, 0.3) is 5.91 Å². The van der Waals surface area contributed by atoms with Crippen molar-refractivity contribution in [2.75, 3.05) is 24.8 Å². The van der Waals surface area contributed by atoms with Crippen LogP contribution in [-0.4, -0.2) is 47.7 Å². The largest absolute Gasteiger partial charge is 0.454 e. The maximum absolute atomic E-state index is 13.1. The van der Waals surface area contributed by atoms with E-state index in [1.807, 2.05) is 29.2 Å². The van der Waals surface area contributed by atoms with Crippen LogP contribution < -0.4 is 14.4 Å². The summed E-state index contributed by atoms with van der Waals surface area (Å²) in [4.78, 5) is 29.0. The Morgan fingerprint density at radius 1 is 1.00 bits per heavy atom. The van der Waals surface area contributed by atoms with Gasteiger partial charge in [-0.1, -0.05) is 28.1 Å². The van der Waals surface area contributed by atoms with Crippen molar-refractivity contribution in [3.63, 3.8) is 0 Å². The van der Waals surface area contributed by atoms with Crippen LogP contribution in [-0.2, 0) is 15.2 Å². The van der Waals surface area contributed by atoms with E-state index in [-0.39, 0.29) is 25.0 Å². The number of hydrogen-bond donors (Lipinski definition) is 1. The second-order valence-corrected chi connectivity index (χ2v) is 8.81. The Labute approximate surface area is 182 Å². The first-order valence-electron chi connectivity index (χ1n) is 9.93. The molecule has 0 aliphatic carbocycles. The zero-order valence-corrected chi connectivity index (χ0v) is 17.8. The Kier molecular flexibility index (Phi) is 4.80. The monoisotopic (exact) mass is 472 g/mol. The number of amides is 2. The Morgan fingerprint density at radius 2 is 1.70 bits per heavy atom. The van der Waals surface area contributed by atoms with Crippen LogP contribution in [0, 0.1) is 0 Å². The number of halogens is 1. The first kappa shape index (κ1) is 19.5. The summed E-state index contributed by atoms with van der Waals surface area (Å²) in [7, 11) is 0. The van der Waals surface area contributed by atoms with Gasteiger partial charge in [0.05, 0.1) is 23.8 Å². The molecular formula is C22H21BrN2O5. The molecule has 3 aliphatic heterocycles. The van der Waals surface area contributed by atoms with Gasteiger partial charge in [-0.05, 0) is 42.7 Å². The highest BCUT2D eigenvalue weighted by Gasteiger charge is 2.45. The lowest BCUT2D eigenvalue weighted by Crippen LogP contribution is -2.49. The molecule has 30 heavy (non-hydrogen) atoms. The summed E-state index contributed by atoms with van der Waals surface area (Å²) in [6, 6.07) is 12.3. The number of imide groups is 1. The van der Waals surface area contributed by atoms with E-state index in [0.717, 1.165) is 10.0 Å². The first-order valence-corrected chi connectivity index (χ1v) is 10.7. The van der Waals surface area contributed by atoms with Crippen molar-refractivity contribution in [1.82, 2.24) is 4.90 Å². The molecule has 2 aromatic carbocycles. The lowest BCUT2D eigenvalue weighted by molar-refractivity contribution is -0.124. The summed E-state index contributed by atoms with van der Waals surface area (Å²) in [6.07, 6.45) is 1.16. The Balaban J connectivity index is 1.30. The van der Waals surface area contributed by atoms with E-state index in [1.54, 1.807) is 18.2 Å². The molecule has 0 radical (unpaired) electrons. The van der Waals surface area contributed by atoms with Gasteiger partial charge in [0, 0.05) is 23.6 Å². The van der Waals surface area contributed by atoms with E-state index in [0.29, 0.717) is 43.1 Å². The molecule has 0 aromatic heterocycles. The molecule has 0 spiro atoms. The summed E-state index contributed by atoms with van der Waals surface area (Å²) in [6.45, 7) is 1.23. The molecule has 2 amide bonds. The van der Waals surface area contributed by atoms with E-state index >= 15 is 0 Å². The predicted molar refractivity (Wildman–Crippen MR) is 112 cm³/mol. The fraction of sp³-hybridized carbons (Fsp3) is 0.364. The number of anilines is 1. The van der Waals surface area contributed by atoms with E-state index in [4.69, 9.17) is 9.47 Å². The molecule has 0 bridgehead atoms. The fourth-order valence-electron chi connectivity index (χ4n) is 4.45. The van der Waals surface area contributed by atoms with Gasteiger partial charge < -0.3 is 14.6 Å². The van der Waals surface area contributed by atoms with Gasteiger partial charge >= 0.3 is 0 Å². The number of rotatable bonds is 3. The van der Waals surface area contributed by atoms with Crippen LogP contribution in [0.2, 0.25) is 0 Å². The number of benzene rings is 2. The molecule has 5 rings (SSSR count). The third-order valence-corrected chi connectivity index (χ3v) is 6.71. The maximum atomic E-state index is 13.1. The second kappa shape index (κ2) is 7.37. The quantitative estimate of drug-likeness (QED) is 0.691. The van der Waals surface area contributed by atoms with Crippen molar-refractivity contribution in [1.29, 1.82) is 0 Å². The molecular weight excluding hydrogens is 452 g/mol. The van der Waals surface area contributed by atoms with Crippen molar-refractivity contribution in [3.05, 3.63) is 52.5 Å². The zero-order valence-electron chi connectivity index (χ0n) is 16.2. The van der Waals surface area contributed by atoms with Gasteiger partial charge in [-0.15, -0.1) is 0 Å². The number of carbonyl (C=O) groups excluding carboxylic acids is 2. The van der Waals surface area contributed by atoms with E-state index < -0.39 is 11.6 Å². The molecule has 8 heteroatoms. The number of carbonyl (C=O) groups is 2. The SMILES string of the molecule is O=C1C[C@H](N2CCC(O)(c3ccc(Br)cc3)CC2)C(=O)N1c1ccc2c(c1)OCO2. The average molecular weight is 473 g/mol. The minimum absolute atomic E-state index is 0.137. The molecule has 2 fully saturated rings. The van der Waals surface area contributed by atoms with Crippen LogP contribution in [0.1, 0.15) is 24.8 Å². The van der Waals surface area contributed by atoms with Crippen LogP contribution in [0.25, 0.3) is 0 Å². The Morgan fingerprint density at radius 3 is 2.43 bits per heavy atom.